The van der Waals surface area contributed by atoms with E-state index in [-0.39, 0.29) is 5.56 Å². The Kier molecular flexibility index (Phi) is 3.74. The van der Waals surface area contributed by atoms with Gasteiger partial charge in [0.05, 0.1) is 29.7 Å². The van der Waals surface area contributed by atoms with Crippen LogP contribution in [0, 0.1) is 19.7 Å². The summed E-state index contributed by atoms with van der Waals surface area (Å²) in [5, 5.41) is 6.89. The Morgan fingerprint density at radius 1 is 1.40 bits per heavy atom. The van der Waals surface area contributed by atoms with E-state index in [1.54, 1.807) is 24.7 Å². The predicted octanol–water partition coefficient (Wildman–Crippen LogP) is 2.44. The number of hydrogen-bond acceptors (Lipinski definition) is 3. The van der Waals surface area contributed by atoms with E-state index < -0.39 is 11.7 Å². The Balaban J connectivity index is 2.28. The number of ether oxygens (including phenoxy) is 1. The molecule has 1 aromatic carbocycles. The van der Waals surface area contributed by atoms with Crippen LogP contribution in [-0.4, -0.2) is 22.8 Å². The van der Waals surface area contributed by atoms with E-state index in [4.69, 9.17) is 4.74 Å². The number of amides is 1. The molecule has 0 bridgehead atoms. The minimum atomic E-state index is -0.624. The average molecular weight is 277 g/mol. The fourth-order valence-corrected chi connectivity index (χ4v) is 1.94. The van der Waals surface area contributed by atoms with E-state index in [1.165, 1.54) is 19.2 Å². The first-order chi connectivity index (χ1) is 9.43. The highest BCUT2D eigenvalue weighted by molar-refractivity contribution is 6.05. The molecule has 0 unspecified atom stereocenters. The highest BCUT2D eigenvalue weighted by Gasteiger charge is 2.17. The Morgan fingerprint density at radius 3 is 2.60 bits per heavy atom. The summed E-state index contributed by atoms with van der Waals surface area (Å²) in [6.07, 6.45) is 0. The zero-order chi connectivity index (χ0) is 14.9. The second kappa shape index (κ2) is 5.32. The molecule has 1 amide bonds. The summed E-state index contributed by atoms with van der Waals surface area (Å²) >= 11 is 0. The third-order valence-corrected chi connectivity index (χ3v) is 3.17. The van der Waals surface area contributed by atoms with E-state index in [0.29, 0.717) is 17.1 Å². The third-order valence-electron chi connectivity index (χ3n) is 3.17. The first-order valence-corrected chi connectivity index (χ1v) is 6.09. The quantitative estimate of drug-likeness (QED) is 0.937. The number of hydrogen-bond donors (Lipinski definition) is 1. The van der Waals surface area contributed by atoms with E-state index >= 15 is 0 Å². The molecule has 0 aliphatic rings. The van der Waals surface area contributed by atoms with Crippen molar-refractivity contribution in [1.29, 1.82) is 0 Å². The van der Waals surface area contributed by atoms with Gasteiger partial charge in [0, 0.05) is 13.1 Å². The lowest BCUT2D eigenvalue weighted by Crippen LogP contribution is -2.15. The molecular weight excluding hydrogens is 261 g/mol. The standard InChI is InChI=1S/C14H16FN3O2/c1-8-13(9(2)18(3)17-8)16-14(19)11-6-5-10(20-4)7-12(11)15/h5-7H,1-4H3,(H,16,19). The smallest absolute Gasteiger partial charge is 0.258 e. The molecule has 0 saturated carbocycles. The zero-order valence-corrected chi connectivity index (χ0v) is 11.8. The van der Waals surface area contributed by atoms with Gasteiger partial charge in [0.1, 0.15) is 11.6 Å². The van der Waals surface area contributed by atoms with Gasteiger partial charge < -0.3 is 10.1 Å². The summed E-state index contributed by atoms with van der Waals surface area (Å²) in [5.41, 5.74) is 2.07. The Hall–Kier alpha value is -2.37. The highest BCUT2D eigenvalue weighted by atomic mass is 19.1. The molecule has 0 saturated heterocycles. The van der Waals surface area contributed by atoms with E-state index in [0.717, 1.165) is 5.69 Å². The van der Waals surface area contributed by atoms with Crippen molar-refractivity contribution in [2.24, 2.45) is 7.05 Å². The second-order valence-corrected chi connectivity index (χ2v) is 4.47. The fourth-order valence-electron chi connectivity index (χ4n) is 1.94. The molecule has 2 aromatic rings. The first kappa shape index (κ1) is 14.0. The summed E-state index contributed by atoms with van der Waals surface area (Å²) in [6, 6.07) is 4.11. The van der Waals surface area contributed by atoms with Crippen molar-refractivity contribution in [2.45, 2.75) is 13.8 Å². The lowest BCUT2D eigenvalue weighted by molar-refractivity contribution is 0.102. The molecule has 1 heterocycles. The van der Waals surface area contributed by atoms with Crippen molar-refractivity contribution in [3.8, 4) is 5.75 Å². The van der Waals surface area contributed by atoms with Gasteiger partial charge in [-0.1, -0.05) is 0 Å². The van der Waals surface area contributed by atoms with E-state index in [9.17, 15) is 9.18 Å². The maximum atomic E-state index is 13.8. The number of rotatable bonds is 3. The van der Waals surface area contributed by atoms with Crippen LogP contribution in [0.25, 0.3) is 0 Å². The number of carbonyl (C=O) groups is 1. The van der Waals surface area contributed by atoms with Gasteiger partial charge in [0.2, 0.25) is 0 Å². The SMILES string of the molecule is COc1ccc(C(=O)Nc2c(C)nn(C)c2C)c(F)c1. The van der Waals surface area contributed by atoms with Crippen LogP contribution >= 0.6 is 0 Å². The number of halogens is 1. The molecule has 106 valence electrons. The number of benzene rings is 1. The number of anilines is 1. The Bertz CT molecular complexity index is 665. The molecule has 20 heavy (non-hydrogen) atoms. The number of nitrogens with one attached hydrogen (secondary N) is 1. The van der Waals surface area contributed by atoms with Crippen molar-refractivity contribution in [3.63, 3.8) is 0 Å². The third kappa shape index (κ3) is 2.49. The minimum Gasteiger partial charge on any atom is -0.497 e. The van der Waals surface area contributed by atoms with Crippen molar-refractivity contribution in [1.82, 2.24) is 9.78 Å². The van der Waals surface area contributed by atoms with Crippen molar-refractivity contribution < 1.29 is 13.9 Å². The van der Waals surface area contributed by atoms with Gasteiger partial charge in [-0.3, -0.25) is 9.48 Å². The lowest BCUT2D eigenvalue weighted by Gasteiger charge is -2.07. The number of carbonyl (C=O) groups excluding carboxylic acids is 1. The minimum absolute atomic E-state index is 0.0338. The average Bonchev–Trinajstić information content (AvgIpc) is 2.65. The molecule has 0 atom stereocenters. The van der Waals surface area contributed by atoms with Gasteiger partial charge in [-0.15, -0.1) is 0 Å². The zero-order valence-electron chi connectivity index (χ0n) is 11.8. The molecule has 0 fully saturated rings. The molecule has 0 spiro atoms. The number of aryl methyl sites for hydroxylation is 2. The Labute approximate surface area is 116 Å². The predicted molar refractivity (Wildman–Crippen MR) is 73.6 cm³/mol. The number of methoxy groups -OCH3 is 1. The summed E-state index contributed by atoms with van der Waals surface area (Å²) in [6.45, 7) is 3.62. The monoisotopic (exact) mass is 277 g/mol. The molecule has 0 radical (unpaired) electrons. The van der Waals surface area contributed by atoms with Gasteiger partial charge in [0.15, 0.2) is 0 Å². The molecule has 0 aliphatic heterocycles. The topological polar surface area (TPSA) is 56.1 Å². The summed E-state index contributed by atoms with van der Waals surface area (Å²) in [4.78, 5) is 12.1. The Morgan fingerprint density at radius 2 is 2.10 bits per heavy atom. The molecule has 1 aromatic heterocycles. The highest BCUT2D eigenvalue weighted by Crippen LogP contribution is 2.21. The van der Waals surface area contributed by atoms with Crippen LogP contribution in [0.2, 0.25) is 0 Å². The molecule has 1 N–H and O–H groups in total. The molecule has 6 heteroatoms. The van der Waals surface area contributed by atoms with Crippen LogP contribution < -0.4 is 10.1 Å². The van der Waals surface area contributed by atoms with Gasteiger partial charge in [0.25, 0.3) is 5.91 Å². The lowest BCUT2D eigenvalue weighted by atomic mass is 10.2. The summed E-state index contributed by atoms with van der Waals surface area (Å²) in [5.74, 6) is -0.766. The summed E-state index contributed by atoms with van der Waals surface area (Å²) in [7, 11) is 3.23. The van der Waals surface area contributed by atoms with Crippen molar-refractivity contribution >= 4 is 11.6 Å². The fraction of sp³-hybridized carbons (Fsp3) is 0.286. The van der Waals surface area contributed by atoms with Gasteiger partial charge in [-0.05, 0) is 26.0 Å². The largest absolute Gasteiger partial charge is 0.497 e. The van der Waals surface area contributed by atoms with Crippen LogP contribution in [-0.2, 0) is 7.05 Å². The van der Waals surface area contributed by atoms with Gasteiger partial charge >= 0.3 is 0 Å². The normalized spacial score (nSPS) is 10.4. The van der Waals surface area contributed by atoms with Crippen LogP contribution in [0.1, 0.15) is 21.7 Å². The van der Waals surface area contributed by atoms with Crippen molar-refractivity contribution in [3.05, 3.63) is 41.0 Å². The summed E-state index contributed by atoms with van der Waals surface area (Å²) < 4.78 is 20.4. The van der Waals surface area contributed by atoms with Crippen LogP contribution in [0.4, 0.5) is 10.1 Å². The first-order valence-electron chi connectivity index (χ1n) is 6.09. The van der Waals surface area contributed by atoms with Gasteiger partial charge in [-0.2, -0.15) is 5.10 Å². The van der Waals surface area contributed by atoms with Crippen LogP contribution in [0.3, 0.4) is 0 Å². The van der Waals surface area contributed by atoms with Gasteiger partial charge in [-0.25, -0.2) is 4.39 Å². The van der Waals surface area contributed by atoms with Crippen LogP contribution in [0.5, 0.6) is 5.75 Å². The van der Waals surface area contributed by atoms with Crippen molar-refractivity contribution in [2.75, 3.05) is 12.4 Å². The number of nitrogens with zero attached hydrogens (tertiary/aromatic N) is 2. The maximum absolute atomic E-state index is 13.8. The molecule has 5 nitrogen and oxygen atoms in total. The van der Waals surface area contributed by atoms with E-state index in [1.807, 2.05) is 6.92 Å². The molecular formula is C14H16FN3O2. The second-order valence-electron chi connectivity index (χ2n) is 4.47. The number of aromatic nitrogens is 2. The molecule has 0 aliphatic carbocycles. The molecule has 2 rings (SSSR count). The van der Waals surface area contributed by atoms with E-state index in [2.05, 4.69) is 10.4 Å². The maximum Gasteiger partial charge on any atom is 0.258 e. The van der Waals surface area contributed by atoms with Crippen LogP contribution in [0.15, 0.2) is 18.2 Å².